The van der Waals surface area contributed by atoms with E-state index in [0.29, 0.717) is 29.0 Å². The zero-order valence-electron chi connectivity index (χ0n) is 12.2. The van der Waals surface area contributed by atoms with Crippen LogP contribution in [0.5, 0.6) is 0 Å². The fourth-order valence-electron chi connectivity index (χ4n) is 2.46. The van der Waals surface area contributed by atoms with Crippen LogP contribution in [0, 0.1) is 5.41 Å². The average Bonchev–Trinajstić information content (AvgIpc) is 2.82. The first-order valence-electron chi connectivity index (χ1n) is 6.77. The van der Waals surface area contributed by atoms with E-state index in [-0.39, 0.29) is 11.1 Å². The quantitative estimate of drug-likeness (QED) is 0.777. The summed E-state index contributed by atoms with van der Waals surface area (Å²) in [7, 11) is 0. The highest BCUT2D eigenvalue weighted by Gasteiger charge is 2.29. The molecular weight excluding hydrogens is 268 g/mol. The van der Waals surface area contributed by atoms with Crippen LogP contribution in [0.3, 0.4) is 0 Å². The molecule has 1 N–H and O–H groups in total. The number of hydrogen-bond acceptors (Lipinski definition) is 4. The van der Waals surface area contributed by atoms with Crippen molar-refractivity contribution < 1.29 is 14.3 Å². The number of rotatable bonds is 2. The number of para-hydroxylation sites is 1. The molecule has 0 atom stereocenters. The van der Waals surface area contributed by atoms with Gasteiger partial charge in [-0.15, -0.1) is 10.2 Å². The number of aromatic carboxylic acids is 1. The molecular formula is C16H16N2O3. The molecule has 0 bridgehead atoms. The number of nitrogens with zero attached hydrogens (tertiary/aromatic N) is 2. The minimum absolute atomic E-state index is 0.0358. The number of hydrogen-bond donors (Lipinski definition) is 1. The van der Waals surface area contributed by atoms with Crippen LogP contribution in [0.2, 0.25) is 0 Å². The molecule has 2 heterocycles. The summed E-state index contributed by atoms with van der Waals surface area (Å²) in [6.45, 7) is 6.23. The summed E-state index contributed by atoms with van der Waals surface area (Å²) < 4.78 is 5.96. The normalized spacial score (nSPS) is 12.1. The number of benzene rings is 1. The van der Waals surface area contributed by atoms with Crippen LogP contribution < -0.4 is 0 Å². The third kappa shape index (κ3) is 2.35. The SMILES string of the molecule is CC(C)(C)Cc1oc2ccccc2c2nnc(C(=O)O)c1-2. The molecule has 1 aromatic rings. The van der Waals surface area contributed by atoms with Crippen LogP contribution in [-0.2, 0) is 6.42 Å². The maximum atomic E-state index is 11.4. The minimum Gasteiger partial charge on any atom is -0.476 e. The Morgan fingerprint density at radius 2 is 1.95 bits per heavy atom. The van der Waals surface area contributed by atoms with E-state index in [0.717, 1.165) is 5.39 Å². The molecule has 108 valence electrons. The molecule has 5 nitrogen and oxygen atoms in total. The van der Waals surface area contributed by atoms with Gasteiger partial charge in [0.25, 0.3) is 0 Å². The Hall–Kier alpha value is -2.43. The third-order valence-corrected chi connectivity index (χ3v) is 3.27. The summed E-state index contributed by atoms with van der Waals surface area (Å²) >= 11 is 0. The van der Waals surface area contributed by atoms with Gasteiger partial charge < -0.3 is 9.52 Å². The fourth-order valence-corrected chi connectivity index (χ4v) is 2.46. The van der Waals surface area contributed by atoms with E-state index in [4.69, 9.17) is 4.42 Å². The summed E-state index contributed by atoms with van der Waals surface area (Å²) in [6, 6.07) is 7.47. The Labute approximate surface area is 121 Å². The van der Waals surface area contributed by atoms with Crippen LogP contribution in [0.25, 0.3) is 22.2 Å². The molecule has 0 spiro atoms. The van der Waals surface area contributed by atoms with Gasteiger partial charge in [0.15, 0.2) is 5.69 Å². The van der Waals surface area contributed by atoms with Gasteiger partial charge in [-0.05, 0) is 17.5 Å². The molecule has 0 fully saturated rings. The highest BCUT2D eigenvalue weighted by molar-refractivity contribution is 6.01. The molecule has 0 saturated heterocycles. The van der Waals surface area contributed by atoms with Crippen LogP contribution in [0.1, 0.15) is 37.0 Å². The highest BCUT2D eigenvalue weighted by Crippen LogP contribution is 2.37. The minimum atomic E-state index is -1.09. The first-order valence-corrected chi connectivity index (χ1v) is 6.77. The Bertz CT molecular complexity index is 799. The van der Waals surface area contributed by atoms with Crippen LogP contribution in [0.4, 0.5) is 0 Å². The van der Waals surface area contributed by atoms with Gasteiger partial charge >= 0.3 is 5.97 Å². The lowest BCUT2D eigenvalue weighted by Crippen LogP contribution is -2.11. The molecule has 0 saturated carbocycles. The zero-order chi connectivity index (χ0) is 15.2. The van der Waals surface area contributed by atoms with E-state index in [9.17, 15) is 9.90 Å². The van der Waals surface area contributed by atoms with Gasteiger partial charge in [-0.25, -0.2) is 4.79 Å². The van der Waals surface area contributed by atoms with E-state index in [1.165, 1.54) is 0 Å². The van der Waals surface area contributed by atoms with E-state index in [1.54, 1.807) is 0 Å². The zero-order valence-corrected chi connectivity index (χ0v) is 12.2. The Balaban J connectivity index is 2.35. The predicted molar refractivity (Wildman–Crippen MR) is 78.5 cm³/mol. The lowest BCUT2D eigenvalue weighted by molar-refractivity contribution is 0.0691. The molecule has 0 amide bonds. The second kappa shape index (κ2) is 4.55. The van der Waals surface area contributed by atoms with Gasteiger partial charge in [-0.2, -0.15) is 0 Å². The lowest BCUT2D eigenvalue weighted by atomic mass is 9.88. The van der Waals surface area contributed by atoms with Crippen molar-refractivity contribution in [2.45, 2.75) is 27.2 Å². The average molecular weight is 284 g/mol. The van der Waals surface area contributed by atoms with Gasteiger partial charge in [0.05, 0.1) is 5.56 Å². The maximum Gasteiger partial charge on any atom is 0.357 e. The molecule has 21 heavy (non-hydrogen) atoms. The van der Waals surface area contributed by atoms with Crippen molar-refractivity contribution in [3.8, 4) is 11.3 Å². The van der Waals surface area contributed by atoms with Crippen molar-refractivity contribution in [3.05, 3.63) is 35.7 Å². The number of carboxylic acid groups (broad SMARTS) is 1. The van der Waals surface area contributed by atoms with Gasteiger partial charge in [-0.3, -0.25) is 0 Å². The highest BCUT2D eigenvalue weighted by atomic mass is 16.4. The smallest absolute Gasteiger partial charge is 0.357 e. The number of carboxylic acids is 1. The molecule has 0 radical (unpaired) electrons. The van der Waals surface area contributed by atoms with E-state index < -0.39 is 5.97 Å². The number of aromatic nitrogens is 2. The number of fused-ring (bicyclic) bond motifs is 3. The molecule has 3 rings (SSSR count). The molecule has 5 heteroatoms. The third-order valence-electron chi connectivity index (χ3n) is 3.27. The van der Waals surface area contributed by atoms with Gasteiger partial charge in [-0.1, -0.05) is 32.9 Å². The van der Waals surface area contributed by atoms with Crippen LogP contribution >= 0.6 is 0 Å². The van der Waals surface area contributed by atoms with Gasteiger partial charge in [0.2, 0.25) is 0 Å². The first kappa shape index (κ1) is 13.5. The Morgan fingerprint density at radius 1 is 1.24 bits per heavy atom. The van der Waals surface area contributed by atoms with Crippen LogP contribution in [-0.4, -0.2) is 21.3 Å². The lowest BCUT2D eigenvalue weighted by Gasteiger charge is -2.19. The topological polar surface area (TPSA) is 76.2 Å². The van der Waals surface area contributed by atoms with Crippen molar-refractivity contribution in [2.24, 2.45) is 5.41 Å². The molecule has 0 aromatic heterocycles. The largest absolute Gasteiger partial charge is 0.476 e. The standard InChI is InChI=1S/C16H16N2O3/c1-16(2,3)8-11-12-13(17-18-14(12)15(19)20)9-6-4-5-7-10(9)21-11/h4-7H,8H2,1-3H3,(H,19,20). The maximum absolute atomic E-state index is 11.4. The monoisotopic (exact) mass is 284 g/mol. The molecule has 2 aliphatic rings. The summed E-state index contributed by atoms with van der Waals surface area (Å²) in [6.07, 6.45) is 0.613. The second-order valence-corrected chi connectivity index (χ2v) is 6.34. The first-order chi connectivity index (χ1) is 9.87. The van der Waals surface area contributed by atoms with Crippen molar-refractivity contribution in [2.75, 3.05) is 0 Å². The van der Waals surface area contributed by atoms with Crippen molar-refractivity contribution in [3.63, 3.8) is 0 Å². The predicted octanol–water partition coefficient (Wildman–Crippen LogP) is 3.61. The summed E-state index contributed by atoms with van der Waals surface area (Å²) in [5, 5.41) is 18.0. The molecule has 0 aliphatic carbocycles. The van der Waals surface area contributed by atoms with Crippen molar-refractivity contribution in [1.82, 2.24) is 10.2 Å². The summed E-state index contributed by atoms with van der Waals surface area (Å²) in [5.74, 6) is -0.461. The van der Waals surface area contributed by atoms with E-state index >= 15 is 0 Å². The molecule has 2 aliphatic heterocycles. The fraction of sp³-hybridized carbons (Fsp3) is 0.312. The summed E-state index contributed by atoms with van der Waals surface area (Å²) in [4.78, 5) is 11.4. The van der Waals surface area contributed by atoms with Crippen LogP contribution in [0.15, 0.2) is 28.7 Å². The van der Waals surface area contributed by atoms with Crippen molar-refractivity contribution >= 4 is 16.9 Å². The Kier molecular flexibility index (Phi) is 2.93. The van der Waals surface area contributed by atoms with Crippen molar-refractivity contribution in [1.29, 1.82) is 0 Å². The second-order valence-electron chi connectivity index (χ2n) is 6.34. The van der Waals surface area contributed by atoms with E-state index in [1.807, 2.05) is 24.3 Å². The van der Waals surface area contributed by atoms with Gasteiger partial charge in [0.1, 0.15) is 17.0 Å². The Morgan fingerprint density at radius 3 is 2.62 bits per heavy atom. The number of carbonyl (C=O) groups is 1. The van der Waals surface area contributed by atoms with E-state index in [2.05, 4.69) is 31.0 Å². The molecule has 0 unspecified atom stereocenters. The summed E-state index contributed by atoms with van der Waals surface area (Å²) in [5.41, 5.74) is 1.72. The molecule has 1 aromatic carbocycles. The van der Waals surface area contributed by atoms with Gasteiger partial charge in [0, 0.05) is 11.8 Å².